The van der Waals surface area contributed by atoms with Gasteiger partial charge in [0.2, 0.25) is 0 Å². The maximum absolute atomic E-state index is 13.6. The molecule has 0 saturated carbocycles. The van der Waals surface area contributed by atoms with Crippen molar-refractivity contribution in [2.45, 2.75) is 31.6 Å². The van der Waals surface area contributed by atoms with Crippen LogP contribution < -0.4 is 0 Å². The Morgan fingerprint density at radius 2 is 1.62 bits per heavy atom. The highest BCUT2D eigenvalue weighted by atomic mass is 35.5. The molecule has 2 atom stereocenters. The van der Waals surface area contributed by atoms with Gasteiger partial charge in [0.1, 0.15) is 0 Å². The van der Waals surface area contributed by atoms with Crippen LogP contribution in [-0.4, -0.2) is 29.6 Å². The third-order valence-electron chi connectivity index (χ3n) is 4.57. The smallest absolute Gasteiger partial charge is 0.294 e. The molecule has 0 spiro atoms. The van der Waals surface area contributed by atoms with Crippen LogP contribution in [0.1, 0.15) is 40.7 Å². The van der Waals surface area contributed by atoms with Crippen LogP contribution in [-0.2, 0) is 0 Å². The number of alkyl halides is 6. The molecule has 2 aromatic carbocycles. The van der Waals surface area contributed by atoms with Gasteiger partial charge in [-0.1, -0.05) is 59.9 Å². The maximum Gasteiger partial charge on any atom is 0.399 e. The fourth-order valence-corrected chi connectivity index (χ4v) is 4.80. The second kappa shape index (κ2) is 12.1. The van der Waals surface area contributed by atoms with Crippen molar-refractivity contribution in [3.05, 3.63) is 74.2 Å². The average molecular weight is 564 g/mol. The second-order valence-electron chi connectivity index (χ2n) is 7.68. The molecule has 34 heavy (non-hydrogen) atoms. The number of Topliss-reactive ketones (excluding diaryl/α,β-unsaturated/α-hetero) is 1. The standard InChI is InChI=1S/C23H19Cl3F6OS/c1-13(11-34-12-22(27,28)29)6-21(33)18-4-2-14(7-20(18)26)3-5-19(23(30,31)32)15-8-16(24)10-17(25)9-15/h2-5,7-10,13,19H,6,11-12H2,1H3/b5-3+/t13-,19?/m0/s1. The number of carbonyl (C=O) groups is 1. The third kappa shape index (κ3) is 9.36. The first kappa shape index (κ1) is 28.9. The molecule has 0 heterocycles. The molecule has 1 nitrogen and oxygen atoms in total. The van der Waals surface area contributed by atoms with E-state index in [2.05, 4.69) is 0 Å². The zero-order valence-corrected chi connectivity index (χ0v) is 20.7. The summed E-state index contributed by atoms with van der Waals surface area (Å²) in [6.45, 7) is 1.66. The predicted octanol–water partition coefficient (Wildman–Crippen LogP) is 9.51. The van der Waals surface area contributed by atoms with Crippen LogP contribution in [0.3, 0.4) is 0 Å². The SMILES string of the molecule is C[C@H](CSCC(F)(F)F)CC(=O)c1ccc(/C=C/C(c2cc(Cl)cc(Cl)c2)C(F)(F)F)cc1Cl. The lowest BCUT2D eigenvalue weighted by Gasteiger charge is -2.18. The van der Waals surface area contributed by atoms with Crippen molar-refractivity contribution in [1.82, 2.24) is 0 Å². The summed E-state index contributed by atoms with van der Waals surface area (Å²) in [7, 11) is 0. The first-order chi connectivity index (χ1) is 15.7. The minimum atomic E-state index is -4.61. The average Bonchev–Trinajstić information content (AvgIpc) is 2.65. The van der Waals surface area contributed by atoms with Gasteiger partial charge >= 0.3 is 12.4 Å². The molecular weight excluding hydrogens is 545 g/mol. The largest absolute Gasteiger partial charge is 0.399 e. The molecule has 0 aromatic heterocycles. The monoisotopic (exact) mass is 562 g/mol. The van der Waals surface area contributed by atoms with Crippen LogP contribution >= 0.6 is 46.6 Å². The van der Waals surface area contributed by atoms with Gasteiger partial charge in [0.15, 0.2) is 5.78 Å². The van der Waals surface area contributed by atoms with E-state index in [1.54, 1.807) is 6.92 Å². The summed E-state index contributed by atoms with van der Waals surface area (Å²) in [5.41, 5.74) is 0.356. The fourth-order valence-electron chi connectivity index (χ4n) is 3.09. The maximum atomic E-state index is 13.6. The highest BCUT2D eigenvalue weighted by Crippen LogP contribution is 2.38. The number of halogens is 9. The number of benzene rings is 2. The Balaban J connectivity index is 2.13. The zero-order valence-electron chi connectivity index (χ0n) is 17.6. The molecule has 0 radical (unpaired) electrons. The molecule has 0 aliphatic carbocycles. The molecule has 0 aliphatic rings. The Bertz CT molecular complexity index is 1020. The molecule has 0 bridgehead atoms. The van der Waals surface area contributed by atoms with E-state index >= 15 is 0 Å². The molecule has 186 valence electrons. The van der Waals surface area contributed by atoms with Gasteiger partial charge in [0.05, 0.1) is 16.7 Å². The van der Waals surface area contributed by atoms with Crippen molar-refractivity contribution in [3.63, 3.8) is 0 Å². The van der Waals surface area contributed by atoms with E-state index in [4.69, 9.17) is 34.8 Å². The predicted molar refractivity (Wildman–Crippen MR) is 127 cm³/mol. The van der Waals surface area contributed by atoms with Gasteiger partial charge in [-0.2, -0.15) is 38.1 Å². The number of ketones is 1. The number of carbonyl (C=O) groups excluding carboxylic acids is 1. The summed E-state index contributed by atoms with van der Waals surface area (Å²) >= 11 is 18.5. The molecule has 0 amide bonds. The number of thioether (sulfide) groups is 1. The van der Waals surface area contributed by atoms with Gasteiger partial charge in [-0.15, -0.1) is 0 Å². The Morgan fingerprint density at radius 3 is 2.15 bits per heavy atom. The summed E-state index contributed by atoms with van der Waals surface area (Å²) in [6.07, 6.45) is -6.72. The number of rotatable bonds is 9. The lowest BCUT2D eigenvalue weighted by atomic mass is 9.96. The Morgan fingerprint density at radius 1 is 1.00 bits per heavy atom. The Hall–Kier alpha value is -1.35. The van der Waals surface area contributed by atoms with E-state index in [1.807, 2.05) is 0 Å². The minimum Gasteiger partial charge on any atom is -0.294 e. The molecule has 0 saturated heterocycles. The first-order valence-electron chi connectivity index (χ1n) is 9.84. The van der Waals surface area contributed by atoms with Crippen LogP contribution in [0.25, 0.3) is 6.08 Å². The molecule has 0 aliphatic heterocycles. The Labute approximate surface area is 212 Å². The van der Waals surface area contributed by atoms with Crippen molar-refractivity contribution < 1.29 is 31.1 Å². The van der Waals surface area contributed by atoms with Crippen LogP contribution in [0, 0.1) is 5.92 Å². The van der Waals surface area contributed by atoms with E-state index in [0.717, 1.165) is 6.08 Å². The quantitative estimate of drug-likeness (QED) is 0.223. The molecular formula is C23H19Cl3F6OS. The Kier molecular flexibility index (Phi) is 10.2. The normalized spacial score (nSPS) is 14.4. The van der Waals surface area contributed by atoms with Gasteiger partial charge in [0, 0.05) is 22.0 Å². The van der Waals surface area contributed by atoms with Crippen molar-refractivity contribution in [2.75, 3.05) is 11.5 Å². The number of hydrogen-bond donors (Lipinski definition) is 0. The highest BCUT2D eigenvalue weighted by molar-refractivity contribution is 7.99. The van der Waals surface area contributed by atoms with E-state index in [0.29, 0.717) is 17.3 Å². The lowest BCUT2D eigenvalue weighted by molar-refractivity contribution is -0.139. The van der Waals surface area contributed by atoms with E-state index < -0.39 is 24.0 Å². The van der Waals surface area contributed by atoms with Crippen LogP contribution in [0.15, 0.2) is 42.5 Å². The van der Waals surface area contributed by atoms with Gasteiger partial charge in [0.25, 0.3) is 0 Å². The molecule has 1 unspecified atom stereocenters. The zero-order chi connectivity index (χ0) is 25.7. The number of allylic oxidation sites excluding steroid dienone is 1. The minimum absolute atomic E-state index is 0.00850. The van der Waals surface area contributed by atoms with Crippen molar-refractivity contribution in [3.8, 4) is 0 Å². The summed E-state index contributed by atoms with van der Waals surface area (Å²) in [6, 6.07) is 7.87. The summed E-state index contributed by atoms with van der Waals surface area (Å²) in [5, 5.41) is 0.181. The van der Waals surface area contributed by atoms with Crippen molar-refractivity contribution in [1.29, 1.82) is 0 Å². The molecule has 2 aromatic rings. The van der Waals surface area contributed by atoms with Crippen molar-refractivity contribution >= 4 is 58.4 Å². The highest BCUT2D eigenvalue weighted by Gasteiger charge is 2.39. The summed E-state index contributed by atoms with van der Waals surface area (Å²) < 4.78 is 77.6. The lowest BCUT2D eigenvalue weighted by Crippen LogP contribution is -2.18. The molecule has 0 N–H and O–H groups in total. The topological polar surface area (TPSA) is 17.1 Å². The van der Waals surface area contributed by atoms with E-state index in [-0.39, 0.29) is 50.1 Å². The van der Waals surface area contributed by atoms with Crippen LogP contribution in [0.2, 0.25) is 15.1 Å². The van der Waals surface area contributed by atoms with Gasteiger partial charge < -0.3 is 0 Å². The second-order valence-corrected chi connectivity index (χ2v) is 9.99. The molecule has 11 heteroatoms. The fraction of sp³-hybridized carbons (Fsp3) is 0.348. The van der Waals surface area contributed by atoms with E-state index in [1.165, 1.54) is 42.5 Å². The first-order valence-corrected chi connectivity index (χ1v) is 12.1. The summed E-state index contributed by atoms with van der Waals surface area (Å²) in [5.74, 6) is -3.49. The van der Waals surface area contributed by atoms with Gasteiger partial charge in [-0.25, -0.2) is 0 Å². The van der Waals surface area contributed by atoms with Crippen LogP contribution in [0.5, 0.6) is 0 Å². The van der Waals surface area contributed by atoms with Crippen LogP contribution in [0.4, 0.5) is 26.3 Å². The molecule has 0 fully saturated rings. The summed E-state index contributed by atoms with van der Waals surface area (Å²) in [4.78, 5) is 12.5. The number of hydrogen-bond acceptors (Lipinski definition) is 2. The van der Waals surface area contributed by atoms with Crippen molar-refractivity contribution in [2.24, 2.45) is 5.92 Å². The van der Waals surface area contributed by atoms with E-state index in [9.17, 15) is 31.1 Å². The molecule has 2 rings (SSSR count). The third-order valence-corrected chi connectivity index (χ3v) is 6.66. The van der Waals surface area contributed by atoms with Gasteiger partial charge in [-0.05, 0) is 53.1 Å². The van der Waals surface area contributed by atoms with Gasteiger partial charge in [-0.3, -0.25) is 4.79 Å².